The standard InChI is InChI=1S/C21H27N3O4S2/c1-15-21(16(2)24(22-15)19-10-11-29(25,26)14-19)13-23(3)30(27,28)20-9-8-17-6-4-5-7-18(17)12-20/h4-7,12,19H,8-11,13-14H2,1-3H3/t19-/m1/s1. The third-order valence-electron chi connectivity index (χ3n) is 6.16. The number of aryl methyl sites for hydroxylation is 2. The summed E-state index contributed by atoms with van der Waals surface area (Å²) in [6.45, 7) is 3.94. The number of aromatic nitrogens is 2. The smallest absolute Gasteiger partial charge is 0.239 e. The van der Waals surface area contributed by atoms with Crippen LogP contribution in [0.2, 0.25) is 0 Å². The topological polar surface area (TPSA) is 89.3 Å². The van der Waals surface area contributed by atoms with Crippen LogP contribution in [0.4, 0.5) is 0 Å². The molecular formula is C21H27N3O4S2. The second-order valence-electron chi connectivity index (χ2n) is 8.22. The van der Waals surface area contributed by atoms with Gasteiger partial charge in [-0.2, -0.15) is 9.40 Å². The van der Waals surface area contributed by atoms with Crippen molar-refractivity contribution in [1.29, 1.82) is 0 Å². The van der Waals surface area contributed by atoms with Gasteiger partial charge in [0.1, 0.15) is 0 Å². The predicted octanol–water partition coefficient (Wildman–Crippen LogP) is 2.61. The molecule has 30 heavy (non-hydrogen) atoms. The van der Waals surface area contributed by atoms with Gasteiger partial charge in [0, 0.05) is 24.8 Å². The molecule has 1 saturated heterocycles. The van der Waals surface area contributed by atoms with Gasteiger partial charge < -0.3 is 0 Å². The minimum absolute atomic E-state index is 0.0921. The van der Waals surface area contributed by atoms with Crippen molar-refractivity contribution in [2.24, 2.45) is 0 Å². The van der Waals surface area contributed by atoms with Crippen molar-refractivity contribution in [2.45, 2.75) is 45.7 Å². The van der Waals surface area contributed by atoms with E-state index in [9.17, 15) is 16.8 Å². The fourth-order valence-electron chi connectivity index (χ4n) is 4.37. The van der Waals surface area contributed by atoms with Crippen LogP contribution in [0.15, 0.2) is 29.2 Å². The summed E-state index contributed by atoms with van der Waals surface area (Å²) in [4.78, 5) is 0.424. The third kappa shape index (κ3) is 3.86. The van der Waals surface area contributed by atoms with Crippen LogP contribution in [0, 0.1) is 13.8 Å². The molecular weight excluding hydrogens is 422 g/mol. The van der Waals surface area contributed by atoms with Crippen LogP contribution >= 0.6 is 0 Å². The molecule has 0 amide bonds. The fraction of sp³-hybridized carbons (Fsp3) is 0.476. The van der Waals surface area contributed by atoms with Crippen molar-refractivity contribution in [2.75, 3.05) is 18.6 Å². The number of benzene rings is 1. The highest BCUT2D eigenvalue weighted by Gasteiger charge is 2.32. The molecule has 0 saturated carbocycles. The molecule has 2 aromatic rings. The molecule has 1 aromatic carbocycles. The summed E-state index contributed by atoms with van der Waals surface area (Å²) < 4.78 is 53.3. The van der Waals surface area contributed by atoms with E-state index in [1.165, 1.54) is 9.87 Å². The van der Waals surface area contributed by atoms with Crippen LogP contribution in [0.25, 0.3) is 6.08 Å². The zero-order valence-electron chi connectivity index (χ0n) is 17.5. The molecule has 1 aliphatic heterocycles. The molecule has 1 aromatic heterocycles. The van der Waals surface area contributed by atoms with E-state index in [0.29, 0.717) is 24.2 Å². The molecule has 0 spiro atoms. The van der Waals surface area contributed by atoms with E-state index < -0.39 is 19.9 Å². The van der Waals surface area contributed by atoms with E-state index in [4.69, 9.17) is 0 Å². The normalized spacial score (nSPS) is 20.9. The van der Waals surface area contributed by atoms with E-state index in [1.807, 2.05) is 38.1 Å². The lowest BCUT2D eigenvalue weighted by Gasteiger charge is -2.22. The second-order valence-corrected chi connectivity index (χ2v) is 12.5. The van der Waals surface area contributed by atoms with Gasteiger partial charge in [0.15, 0.2) is 9.84 Å². The van der Waals surface area contributed by atoms with Gasteiger partial charge in [0.05, 0.1) is 28.1 Å². The van der Waals surface area contributed by atoms with Crippen LogP contribution in [0.5, 0.6) is 0 Å². The summed E-state index contributed by atoms with van der Waals surface area (Å²) in [5.41, 5.74) is 4.53. The van der Waals surface area contributed by atoms with Crippen molar-refractivity contribution in [3.63, 3.8) is 0 Å². The van der Waals surface area contributed by atoms with Crippen molar-refractivity contribution in [3.05, 3.63) is 57.2 Å². The Bertz CT molecular complexity index is 1230. The first-order chi connectivity index (χ1) is 14.1. The van der Waals surface area contributed by atoms with Gasteiger partial charge >= 0.3 is 0 Å². The lowest BCUT2D eigenvalue weighted by atomic mass is 9.98. The van der Waals surface area contributed by atoms with E-state index >= 15 is 0 Å². The molecule has 162 valence electrons. The van der Waals surface area contributed by atoms with E-state index in [-0.39, 0.29) is 24.1 Å². The van der Waals surface area contributed by atoms with E-state index in [2.05, 4.69) is 5.10 Å². The highest BCUT2D eigenvalue weighted by atomic mass is 32.2. The average molecular weight is 450 g/mol. The Morgan fingerprint density at radius 2 is 1.93 bits per heavy atom. The van der Waals surface area contributed by atoms with Crippen molar-refractivity contribution in [1.82, 2.24) is 14.1 Å². The zero-order chi connectivity index (χ0) is 21.7. The molecule has 1 atom stereocenters. The molecule has 1 aliphatic carbocycles. The lowest BCUT2D eigenvalue weighted by Crippen LogP contribution is -2.29. The Hall–Kier alpha value is -1.97. The van der Waals surface area contributed by atoms with Gasteiger partial charge in [0.2, 0.25) is 10.0 Å². The average Bonchev–Trinajstić information content (AvgIpc) is 3.20. The number of sulfonamides is 1. The largest absolute Gasteiger partial charge is 0.265 e. The molecule has 2 heterocycles. The SMILES string of the molecule is Cc1nn([C@@H]2CCS(=O)(=O)C2)c(C)c1CN(C)S(=O)(=O)C1=Cc2ccccc2CC1. The Kier molecular flexibility index (Phi) is 5.40. The van der Waals surface area contributed by atoms with Crippen LogP contribution in [-0.4, -0.2) is 49.5 Å². The number of nitrogens with zero attached hydrogens (tertiary/aromatic N) is 3. The van der Waals surface area contributed by atoms with Gasteiger partial charge in [0.25, 0.3) is 0 Å². The number of allylic oxidation sites excluding steroid dienone is 1. The van der Waals surface area contributed by atoms with Crippen LogP contribution < -0.4 is 0 Å². The second kappa shape index (κ2) is 7.62. The summed E-state index contributed by atoms with van der Waals surface area (Å²) in [5, 5.41) is 4.55. The molecule has 4 rings (SSSR count). The molecule has 0 N–H and O–H groups in total. The predicted molar refractivity (Wildman–Crippen MR) is 117 cm³/mol. The molecule has 2 aliphatic rings. The van der Waals surface area contributed by atoms with Gasteiger partial charge in [-0.15, -0.1) is 0 Å². The Morgan fingerprint density at radius 3 is 2.63 bits per heavy atom. The van der Waals surface area contributed by atoms with Gasteiger partial charge in [-0.05, 0) is 50.3 Å². The first-order valence-electron chi connectivity index (χ1n) is 10.1. The van der Waals surface area contributed by atoms with Crippen molar-refractivity contribution < 1.29 is 16.8 Å². The zero-order valence-corrected chi connectivity index (χ0v) is 19.1. The van der Waals surface area contributed by atoms with Crippen molar-refractivity contribution in [3.8, 4) is 0 Å². The number of hydrogen-bond acceptors (Lipinski definition) is 5. The van der Waals surface area contributed by atoms with Crippen LogP contribution in [0.3, 0.4) is 0 Å². The highest BCUT2D eigenvalue weighted by molar-refractivity contribution is 7.93. The quantitative estimate of drug-likeness (QED) is 0.700. The van der Waals surface area contributed by atoms with E-state index in [1.54, 1.807) is 17.8 Å². The summed E-state index contributed by atoms with van der Waals surface area (Å²) in [5.74, 6) is 0.268. The molecule has 1 fully saturated rings. The van der Waals surface area contributed by atoms with Crippen LogP contribution in [-0.2, 0) is 32.8 Å². The van der Waals surface area contributed by atoms with Gasteiger partial charge in [-0.1, -0.05) is 24.3 Å². The maximum atomic E-state index is 13.2. The first-order valence-corrected chi connectivity index (χ1v) is 13.3. The summed E-state index contributed by atoms with van der Waals surface area (Å²) in [6, 6.07) is 7.68. The van der Waals surface area contributed by atoms with E-state index in [0.717, 1.165) is 22.5 Å². The number of rotatable bonds is 5. The Balaban J connectivity index is 1.58. The monoisotopic (exact) mass is 449 g/mol. The number of hydrogen-bond donors (Lipinski definition) is 0. The number of sulfone groups is 1. The minimum Gasteiger partial charge on any atom is -0.265 e. The maximum absolute atomic E-state index is 13.2. The van der Waals surface area contributed by atoms with Gasteiger partial charge in [-0.3, -0.25) is 4.68 Å². The Labute approximate surface area is 178 Å². The molecule has 7 nitrogen and oxygen atoms in total. The first kappa shape index (κ1) is 21.3. The minimum atomic E-state index is -3.60. The highest BCUT2D eigenvalue weighted by Crippen LogP contribution is 2.31. The number of fused-ring (bicyclic) bond motifs is 1. The summed E-state index contributed by atoms with van der Waals surface area (Å²) in [6.07, 6.45) is 3.52. The van der Waals surface area contributed by atoms with Crippen molar-refractivity contribution >= 4 is 25.9 Å². The third-order valence-corrected chi connectivity index (χ3v) is 9.85. The molecule has 0 radical (unpaired) electrons. The Morgan fingerprint density at radius 1 is 1.20 bits per heavy atom. The molecule has 9 heteroatoms. The van der Waals surface area contributed by atoms with Gasteiger partial charge in [-0.25, -0.2) is 16.8 Å². The fourth-order valence-corrected chi connectivity index (χ4v) is 7.39. The lowest BCUT2D eigenvalue weighted by molar-refractivity contribution is 0.465. The maximum Gasteiger partial charge on any atom is 0.239 e. The summed E-state index contributed by atoms with van der Waals surface area (Å²) >= 11 is 0. The molecule has 0 bridgehead atoms. The summed E-state index contributed by atoms with van der Waals surface area (Å²) in [7, 11) is -5.04. The molecule has 0 unspecified atom stereocenters. The van der Waals surface area contributed by atoms with Crippen LogP contribution in [0.1, 0.15) is 47.0 Å².